The lowest BCUT2D eigenvalue weighted by Gasteiger charge is -2.09. The van der Waals surface area contributed by atoms with E-state index in [0.717, 1.165) is 16.5 Å². The number of aliphatic hydroxyl groups excluding tert-OH is 1. The third kappa shape index (κ3) is 2.90. The van der Waals surface area contributed by atoms with Crippen LogP contribution in [-0.4, -0.2) is 34.8 Å². The highest BCUT2D eigenvalue weighted by atomic mass is 16.3. The van der Waals surface area contributed by atoms with Crippen LogP contribution in [0.25, 0.3) is 17.0 Å². The zero-order chi connectivity index (χ0) is 17.1. The molecule has 1 aromatic carbocycles. The van der Waals surface area contributed by atoms with Gasteiger partial charge in [0.25, 0.3) is 5.95 Å². The minimum Gasteiger partial charge on any atom is -0.392 e. The Kier molecular flexibility index (Phi) is 4.01. The van der Waals surface area contributed by atoms with Gasteiger partial charge in [0.1, 0.15) is 12.1 Å². The highest BCUT2D eigenvalue weighted by molar-refractivity contribution is 5.86. The van der Waals surface area contributed by atoms with Gasteiger partial charge in [-0.15, -0.1) is 0 Å². The van der Waals surface area contributed by atoms with Crippen LogP contribution in [0.5, 0.6) is 0 Å². The van der Waals surface area contributed by atoms with Gasteiger partial charge in [-0.25, -0.2) is 19.9 Å². The standard InChI is InChI=1S/C17H15N7O/c25-10-13-5-2-1-4-12(13)8-20-15-14-9-23-24(16(14)22-11-21-15)17-18-6-3-7-19-17/h1-7,9,11,25H,8,10H2,(H,20,21,22). The summed E-state index contributed by atoms with van der Waals surface area (Å²) in [6.45, 7) is 0.538. The molecule has 25 heavy (non-hydrogen) atoms. The number of anilines is 1. The first-order valence-electron chi connectivity index (χ1n) is 7.74. The summed E-state index contributed by atoms with van der Waals surface area (Å²) in [5.74, 6) is 1.12. The number of fused-ring (bicyclic) bond motifs is 1. The zero-order valence-electron chi connectivity index (χ0n) is 13.2. The monoisotopic (exact) mass is 333 g/mol. The Balaban J connectivity index is 1.66. The summed E-state index contributed by atoms with van der Waals surface area (Å²) in [5, 5.41) is 17.8. The first-order chi connectivity index (χ1) is 12.4. The molecule has 0 unspecified atom stereocenters. The van der Waals surface area contributed by atoms with Gasteiger partial charge in [0, 0.05) is 18.9 Å². The average Bonchev–Trinajstić information content (AvgIpc) is 3.12. The van der Waals surface area contributed by atoms with Crippen molar-refractivity contribution in [3.05, 3.63) is 66.4 Å². The predicted octanol–water partition coefficient (Wildman–Crippen LogP) is 1.71. The molecule has 0 amide bonds. The Morgan fingerprint density at radius 2 is 1.76 bits per heavy atom. The second-order valence-corrected chi connectivity index (χ2v) is 5.35. The van der Waals surface area contributed by atoms with Gasteiger partial charge in [0.2, 0.25) is 0 Å². The number of aliphatic hydroxyl groups is 1. The number of rotatable bonds is 5. The quantitative estimate of drug-likeness (QED) is 0.573. The van der Waals surface area contributed by atoms with Crippen LogP contribution >= 0.6 is 0 Å². The molecule has 0 bridgehead atoms. The lowest BCUT2D eigenvalue weighted by atomic mass is 10.1. The van der Waals surface area contributed by atoms with Crippen LogP contribution in [0.15, 0.2) is 55.2 Å². The number of benzene rings is 1. The van der Waals surface area contributed by atoms with Crippen molar-refractivity contribution in [2.75, 3.05) is 5.32 Å². The summed E-state index contributed by atoms with van der Waals surface area (Å²) >= 11 is 0. The highest BCUT2D eigenvalue weighted by Crippen LogP contribution is 2.21. The molecule has 0 saturated heterocycles. The van der Waals surface area contributed by atoms with Gasteiger partial charge in [-0.1, -0.05) is 24.3 Å². The molecular formula is C17H15N7O. The van der Waals surface area contributed by atoms with Crippen molar-refractivity contribution in [1.29, 1.82) is 0 Å². The molecule has 0 aliphatic rings. The molecule has 8 heteroatoms. The van der Waals surface area contributed by atoms with Gasteiger partial charge in [0.15, 0.2) is 5.65 Å². The molecule has 3 heterocycles. The first kappa shape index (κ1) is 15.2. The van der Waals surface area contributed by atoms with Crippen molar-refractivity contribution in [1.82, 2.24) is 29.7 Å². The van der Waals surface area contributed by atoms with Gasteiger partial charge in [-0.3, -0.25) is 0 Å². The second-order valence-electron chi connectivity index (χ2n) is 5.35. The van der Waals surface area contributed by atoms with Crippen LogP contribution in [0, 0.1) is 0 Å². The molecule has 0 spiro atoms. The smallest absolute Gasteiger partial charge is 0.252 e. The number of nitrogens with zero attached hydrogens (tertiary/aromatic N) is 6. The normalized spacial score (nSPS) is 10.9. The molecule has 0 aliphatic carbocycles. The van der Waals surface area contributed by atoms with E-state index in [1.54, 1.807) is 29.3 Å². The summed E-state index contributed by atoms with van der Waals surface area (Å²) in [6, 6.07) is 9.46. The van der Waals surface area contributed by atoms with Crippen LogP contribution in [0.2, 0.25) is 0 Å². The Morgan fingerprint density at radius 3 is 2.56 bits per heavy atom. The molecule has 4 rings (SSSR count). The molecule has 0 fully saturated rings. The molecule has 0 saturated carbocycles. The molecule has 0 atom stereocenters. The SMILES string of the molecule is OCc1ccccc1CNc1ncnc2c1cnn2-c1ncccn1. The zero-order valence-corrected chi connectivity index (χ0v) is 13.2. The fourth-order valence-electron chi connectivity index (χ4n) is 2.60. The van der Waals surface area contributed by atoms with Crippen molar-refractivity contribution in [3.63, 3.8) is 0 Å². The molecule has 0 aliphatic heterocycles. The molecule has 4 aromatic rings. The van der Waals surface area contributed by atoms with E-state index in [9.17, 15) is 5.11 Å². The minimum atomic E-state index is 0.000314. The van der Waals surface area contributed by atoms with Crippen LogP contribution in [0.3, 0.4) is 0 Å². The maximum Gasteiger partial charge on any atom is 0.252 e. The first-order valence-corrected chi connectivity index (χ1v) is 7.74. The van der Waals surface area contributed by atoms with E-state index < -0.39 is 0 Å². The van der Waals surface area contributed by atoms with Crippen molar-refractivity contribution in [2.24, 2.45) is 0 Å². The third-order valence-corrected chi connectivity index (χ3v) is 3.84. The Hall–Kier alpha value is -3.39. The summed E-state index contributed by atoms with van der Waals surface area (Å²) in [7, 11) is 0. The predicted molar refractivity (Wildman–Crippen MR) is 91.9 cm³/mol. The van der Waals surface area contributed by atoms with Crippen molar-refractivity contribution >= 4 is 16.9 Å². The lowest BCUT2D eigenvalue weighted by Crippen LogP contribution is -2.06. The van der Waals surface area contributed by atoms with E-state index in [-0.39, 0.29) is 6.61 Å². The number of hydrogen-bond acceptors (Lipinski definition) is 7. The Bertz CT molecular complexity index is 1000. The molecule has 2 N–H and O–H groups in total. The van der Waals surface area contributed by atoms with E-state index in [0.29, 0.717) is 24.0 Å². The molecule has 3 aromatic heterocycles. The van der Waals surface area contributed by atoms with Gasteiger partial charge < -0.3 is 10.4 Å². The fourth-order valence-corrected chi connectivity index (χ4v) is 2.60. The van der Waals surface area contributed by atoms with Crippen LogP contribution in [0.1, 0.15) is 11.1 Å². The molecular weight excluding hydrogens is 318 g/mol. The van der Waals surface area contributed by atoms with Gasteiger partial charge in [-0.2, -0.15) is 9.78 Å². The summed E-state index contributed by atoms with van der Waals surface area (Å²) in [5.41, 5.74) is 2.52. The van der Waals surface area contributed by atoms with Gasteiger partial charge in [-0.05, 0) is 17.2 Å². The lowest BCUT2D eigenvalue weighted by molar-refractivity contribution is 0.280. The number of nitrogens with one attached hydrogen (secondary N) is 1. The summed E-state index contributed by atoms with van der Waals surface area (Å²) in [4.78, 5) is 17.0. The second kappa shape index (κ2) is 6.62. The number of hydrogen-bond donors (Lipinski definition) is 2. The molecule has 8 nitrogen and oxygen atoms in total. The average molecular weight is 333 g/mol. The fraction of sp³-hybridized carbons (Fsp3) is 0.118. The van der Waals surface area contributed by atoms with Gasteiger partial charge in [0.05, 0.1) is 18.2 Å². The molecule has 124 valence electrons. The van der Waals surface area contributed by atoms with Gasteiger partial charge >= 0.3 is 0 Å². The van der Waals surface area contributed by atoms with E-state index in [4.69, 9.17) is 0 Å². The van der Waals surface area contributed by atoms with Crippen molar-refractivity contribution in [3.8, 4) is 5.95 Å². The Labute approximate surface area is 143 Å². The third-order valence-electron chi connectivity index (χ3n) is 3.84. The van der Waals surface area contributed by atoms with E-state index in [2.05, 4.69) is 30.4 Å². The maximum atomic E-state index is 9.44. The van der Waals surface area contributed by atoms with E-state index >= 15 is 0 Å². The van der Waals surface area contributed by atoms with Crippen LogP contribution < -0.4 is 5.32 Å². The Morgan fingerprint density at radius 1 is 0.960 bits per heavy atom. The van der Waals surface area contributed by atoms with Crippen LogP contribution in [0.4, 0.5) is 5.82 Å². The van der Waals surface area contributed by atoms with Crippen LogP contribution in [-0.2, 0) is 13.2 Å². The maximum absolute atomic E-state index is 9.44. The summed E-state index contributed by atoms with van der Waals surface area (Å²) in [6.07, 6.45) is 6.47. The van der Waals surface area contributed by atoms with E-state index in [1.807, 2.05) is 24.3 Å². The molecule has 0 radical (unpaired) electrons. The highest BCUT2D eigenvalue weighted by Gasteiger charge is 2.12. The summed E-state index contributed by atoms with van der Waals surface area (Å²) < 4.78 is 1.57. The van der Waals surface area contributed by atoms with E-state index in [1.165, 1.54) is 6.33 Å². The van der Waals surface area contributed by atoms with Crippen molar-refractivity contribution in [2.45, 2.75) is 13.2 Å². The minimum absolute atomic E-state index is 0.000314. The largest absolute Gasteiger partial charge is 0.392 e. The topological polar surface area (TPSA) is 102 Å². The number of aromatic nitrogens is 6. The van der Waals surface area contributed by atoms with Crippen molar-refractivity contribution < 1.29 is 5.11 Å².